The average molecular weight is 421 g/mol. The third kappa shape index (κ3) is 4.81. The number of benzene rings is 2. The summed E-state index contributed by atoms with van der Waals surface area (Å²) in [4.78, 5) is 15.1. The molecule has 1 saturated heterocycles. The number of halogens is 1. The Balaban J connectivity index is 1.59. The van der Waals surface area contributed by atoms with Crippen LogP contribution in [0.15, 0.2) is 64.4 Å². The fraction of sp³-hybridized carbons (Fsp3) is 0.250. The second-order valence-corrected chi connectivity index (χ2v) is 9.11. The van der Waals surface area contributed by atoms with Gasteiger partial charge in [-0.3, -0.25) is 4.79 Å². The molecular weight excluding hydrogens is 399 g/mol. The number of amides is 1. The Hall–Kier alpha value is -2.16. The minimum Gasteiger partial charge on any atom is -0.337 e. The van der Waals surface area contributed by atoms with Crippen molar-refractivity contribution < 1.29 is 17.6 Å². The lowest BCUT2D eigenvalue weighted by molar-refractivity contribution is -0.127. The lowest BCUT2D eigenvalue weighted by atomic mass is 10.2. The molecule has 148 valence electrons. The van der Waals surface area contributed by atoms with Crippen LogP contribution in [0.4, 0.5) is 4.39 Å². The molecule has 1 heterocycles. The Kier molecular flexibility index (Phi) is 6.53. The number of nitrogens with zero attached hydrogens (tertiary/aromatic N) is 2. The van der Waals surface area contributed by atoms with Gasteiger partial charge in [-0.05, 0) is 48.2 Å². The SMILES string of the molecule is CSc1ccc(/C=C/C(=O)N2CCN(S(=O)(=O)c3cccc(F)c3)CC2)cc1. The van der Waals surface area contributed by atoms with Crippen LogP contribution in [-0.4, -0.2) is 56.0 Å². The predicted molar refractivity (Wildman–Crippen MR) is 109 cm³/mol. The van der Waals surface area contributed by atoms with Crippen LogP contribution in [0.25, 0.3) is 6.08 Å². The smallest absolute Gasteiger partial charge is 0.246 e. The molecule has 0 unspecified atom stereocenters. The van der Waals surface area contributed by atoms with Gasteiger partial charge in [0, 0.05) is 37.2 Å². The summed E-state index contributed by atoms with van der Waals surface area (Å²) >= 11 is 1.65. The lowest BCUT2D eigenvalue weighted by Gasteiger charge is -2.33. The van der Waals surface area contributed by atoms with Crippen LogP contribution in [0.2, 0.25) is 0 Å². The van der Waals surface area contributed by atoms with E-state index < -0.39 is 15.8 Å². The Morgan fingerprint density at radius 1 is 1.07 bits per heavy atom. The zero-order valence-corrected chi connectivity index (χ0v) is 17.0. The third-order valence-corrected chi connectivity index (χ3v) is 7.16. The minimum absolute atomic E-state index is 0.0686. The Morgan fingerprint density at radius 3 is 2.36 bits per heavy atom. The largest absolute Gasteiger partial charge is 0.337 e. The van der Waals surface area contributed by atoms with E-state index in [1.54, 1.807) is 22.7 Å². The Bertz CT molecular complexity index is 967. The van der Waals surface area contributed by atoms with Gasteiger partial charge in [-0.2, -0.15) is 4.31 Å². The number of sulfonamides is 1. The fourth-order valence-electron chi connectivity index (χ4n) is 2.91. The van der Waals surface area contributed by atoms with Crippen molar-refractivity contribution in [2.24, 2.45) is 0 Å². The standard InChI is InChI=1S/C20H21FN2O3S2/c1-27-18-8-5-16(6-9-18)7-10-20(24)22-11-13-23(14-12-22)28(25,26)19-4-2-3-17(21)15-19/h2-10,15H,11-14H2,1H3/b10-7+. The number of hydrogen-bond acceptors (Lipinski definition) is 4. The van der Waals surface area contributed by atoms with Gasteiger partial charge in [0.25, 0.3) is 0 Å². The molecule has 1 amide bonds. The molecule has 5 nitrogen and oxygen atoms in total. The van der Waals surface area contributed by atoms with Crippen molar-refractivity contribution in [3.63, 3.8) is 0 Å². The Labute approximate surface area is 168 Å². The first-order chi connectivity index (χ1) is 13.4. The van der Waals surface area contributed by atoms with Crippen LogP contribution < -0.4 is 0 Å². The fourth-order valence-corrected chi connectivity index (χ4v) is 4.78. The second kappa shape index (κ2) is 8.89. The first-order valence-electron chi connectivity index (χ1n) is 8.77. The molecule has 2 aromatic carbocycles. The zero-order chi connectivity index (χ0) is 20.1. The molecule has 1 aliphatic rings. The molecule has 3 rings (SSSR count). The molecule has 1 aliphatic heterocycles. The van der Waals surface area contributed by atoms with Gasteiger partial charge < -0.3 is 4.90 Å². The van der Waals surface area contributed by atoms with Crippen LogP contribution in [0.5, 0.6) is 0 Å². The van der Waals surface area contributed by atoms with Crippen molar-refractivity contribution in [2.75, 3.05) is 32.4 Å². The number of thioether (sulfide) groups is 1. The first-order valence-corrected chi connectivity index (χ1v) is 11.4. The topological polar surface area (TPSA) is 57.7 Å². The summed E-state index contributed by atoms with van der Waals surface area (Å²) in [6.45, 7) is 0.952. The van der Waals surface area contributed by atoms with Gasteiger partial charge in [0.05, 0.1) is 4.90 Å². The van der Waals surface area contributed by atoms with E-state index in [0.29, 0.717) is 13.1 Å². The Morgan fingerprint density at radius 2 is 1.75 bits per heavy atom. The van der Waals surface area contributed by atoms with Crippen molar-refractivity contribution >= 4 is 33.8 Å². The van der Waals surface area contributed by atoms with Crippen molar-refractivity contribution in [3.8, 4) is 0 Å². The van der Waals surface area contributed by atoms with E-state index in [1.807, 2.05) is 30.5 Å². The molecule has 0 spiro atoms. The second-order valence-electron chi connectivity index (χ2n) is 6.29. The van der Waals surface area contributed by atoms with Gasteiger partial charge in [-0.1, -0.05) is 18.2 Å². The maximum absolute atomic E-state index is 13.4. The molecule has 8 heteroatoms. The monoisotopic (exact) mass is 420 g/mol. The quantitative estimate of drug-likeness (QED) is 0.551. The third-order valence-electron chi connectivity index (χ3n) is 4.52. The van der Waals surface area contributed by atoms with Crippen molar-refractivity contribution in [2.45, 2.75) is 9.79 Å². The number of carbonyl (C=O) groups is 1. The van der Waals surface area contributed by atoms with Gasteiger partial charge in [-0.25, -0.2) is 12.8 Å². The highest BCUT2D eigenvalue weighted by Crippen LogP contribution is 2.19. The molecule has 0 aliphatic carbocycles. The van der Waals surface area contributed by atoms with E-state index >= 15 is 0 Å². The normalized spacial score (nSPS) is 15.9. The van der Waals surface area contributed by atoms with Gasteiger partial charge in [0.15, 0.2) is 0 Å². The van der Waals surface area contributed by atoms with Crippen LogP contribution in [0, 0.1) is 5.82 Å². The summed E-state index contributed by atoms with van der Waals surface area (Å²) in [7, 11) is -3.76. The number of hydrogen-bond donors (Lipinski definition) is 0. The van der Waals surface area contributed by atoms with E-state index in [2.05, 4.69) is 0 Å². The summed E-state index contributed by atoms with van der Waals surface area (Å²) in [6.07, 6.45) is 5.26. The molecule has 0 saturated carbocycles. The molecule has 0 N–H and O–H groups in total. The lowest BCUT2D eigenvalue weighted by Crippen LogP contribution is -2.50. The van der Waals surface area contributed by atoms with E-state index in [0.717, 1.165) is 16.5 Å². The number of piperazine rings is 1. The van der Waals surface area contributed by atoms with Crippen molar-refractivity contribution in [3.05, 3.63) is 66.0 Å². The van der Waals surface area contributed by atoms with E-state index in [-0.39, 0.29) is 23.9 Å². The highest BCUT2D eigenvalue weighted by atomic mass is 32.2. The molecule has 2 aromatic rings. The summed E-state index contributed by atoms with van der Waals surface area (Å²) in [5, 5.41) is 0. The van der Waals surface area contributed by atoms with Gasteiger partial charge in [0.2, 0.25) is 15.9 Å². The highest BCUT2D eigenvalue weighted by Gasteiger charge is 2.29. The maximum atomic E-state index is 13.4. The van der Waals surface area contributed by atoms with Crippen LogP contribution in [-0.2, 0) is 14.8 Å². The minimum atomic E-state index is -3.76. The summed E-state index contributed by atoms with van der Waals surface area (Å²) in [5.41, 5.74) is 0.929. The maximum Gasteiger partial charge on any atom is 0.246 e. The van der Waals surface area contributed by atoms with Crippen molar-refractivity contribution in [1.29, 1.82) is 0 Å². The van der Waals surface area contributed by atoms with Crippen molar-refractivity contribution in [1.82, 2.24) is 9.21 Å². The molecular formula is C20H21FN2O3S2. The summed E-state index contributed by atoms with van der Waals surface area (Å²) in [5.74, 6) is -0.748. The molecule has 0 radical (unpaired) electrons. The first kappa shape index (κ1) is 20.6. The molecule has 0 atom stereocenters. The molecule has 0 bridgehead atoms. The molecule has 0 aromatic heterocycles. The van der Waals surface area contributed by atoms with Gasteiger partial charge >= 0.3 is 0 Å². The van der Waals surface area contributed by atoms with E-state index in [1.165, 1.54) is 28.6 Å². The van der Waals surface area contributed by atoms with E-state index in [4.69, 9.17) is 0 Å². The zero-order valence-electron chi connectivity index (χ0n) is 15.4. The van der Waals surface area contributed by atoms with Crippen LogP contribution in [0.1, 0.15) is 5.56 Å². The van der Waals surface area contributed by atoms with Crippen LogP contribution in [0.3, 0.4) is 0 Å². The van der Waals surface area contributed by atoms with Crippen LogP contribution >= 0.6 is 11.8 Å². The van der Waals surface area contributed by atoms with E-state index in [9.17, 15) is 17.6 Å². The summed E-state index contributed by atoms with van der Waals surface area (Å²) < 4.78 is 39.9. The van der Waals surface area contributed by atoms with Gasteiger partial charge in [-0.15, -0.1) is 11.8 Å². The molecule has 1 fully saturated rings. The highest BCUT2D eigenvalue weighted by molar-refractivity contribution is 7.98. The molecule has 28 heavy (non-hydrogen) atoms. The average Bonchev–Trinajstić information content (AvgIpc) is 2.72. The number of rotatable bonds is 5. The number of carbonyl (C=O) groups excluding carboxylic acids is 1. The summed E-state index contributed by atoms with van der Waals surface area (Å²) in [6, 6.07) is 12.8. The predicted octanol–water partition coefficient (Wildman–Crippen LogP) is 3.09. The van der Waals surface area contributed by atoms with Gasteiger partial charge in [0.1, 0.15) is 5.82 Å².